The third-order valence-electron chi connectivity index (χ3n) is 4.14. The van der Waals surface area contributed by atoms with Crippen LogP contribution >= 0.6 is 0 Å². The summed E-state index contributed by atoms with van der Waals surface area (Å²) in [7, 11) is 0. The lowest BCUT2D eigenvalue weighted by atomic mass is 10.0. The highest BCUT2D eigenvalue weighted by Crippen LogP contribution is 2.31. The van der Waals surface area contributed by atoms with Crippen LogP contribution in [0.25, 0.3) is 0 Å². The van der Waals surface area contributed by atoms with Crippen molar-refractivity contribution >= 4 is 5.91 Å². The number of ether oxygens (including phenoxy) is 1. The largest absolute Gasteiger partial charge is 0.493 e. The van der Waals surface area contributed by atoms with Crippen LogP contribution in [0.15, 0.2) is 24.3 Å². The highest BCUT2D eigenvalue weighted by molar-refractivity contribution is 5.78. The Bertz CT molecular complexity index is 506. The van der Waals surface area contributed by atoms with Crippen molar-refractivity contribution in [3.63, 3.8) is 0 Å². The lowest BCUT2D eigenvalue weighted by Crippen LogP contribution is -2.45. The lowest BCUT2D eigenvalue weighted by Gasteiger charge is -2.31. The molecule has 0 bridgehead atoms. The van der Waals surface area contributed by atoms with Crippen LogP contribution in [-0.2, 0) is 4.79 Å². The molecule has 114 valence electrons. The van der Waals surface area contributed by atoms with Gasteiger partial charge in [0.25, 0.3) is 0 Å². The van der Waals surface area contributed by atoms with E-state index < -0.39 is 0 Å². The number of likely N-dealkylation sites (tertiary alicyclic amines) is 1. The fourth-order valence-electron chi connectivity index (χ4n) is 3.11. The zero-order valence-corrected chi connectivity index (χ0v) is 12.1. The molecule has 0 spiro atoms. The Kier molecular flexibility index (Phi) is 4.41. The molecule has 1 saturated heterocycles. The van der Waals surface area contributed by atoms with Gasteiger partial charge in [0, 0.05) is 18.5 Å². The molecule has 0 radical (unpaired) electrons. The number of carbonyl (C=O) groups excluding carboxylic acids is 1. The van der Waals surface area contributed by atoms with Gasteiger partial charge < -0.3 is 15.2 Å². The highest BCUT2D eigenvalue weighted by Gasteiger charge is 2.24. The molecule has 2 aliphatic heterocycles. The van der Waals surface area contributed by atoms with Crippen molar-refractivity contribution in [1.82, 2.24) is 10.2 Å². The van der Waals surface area contributed by atoms with Crippen molar-refractivity contribution in [3.8, 4) is 5.75 Å². The highest BCUT2D eigenvalue weighted by atomic mass is 16.5. The van der Waals surface area contributed by atoms with Crippen LogP contribution in [0.1, 0.15) is 30.9 Å². The number of benzene rings is 1. The minimum Gasteiger partial charge on any atom is -0.493 e. The van der Waals surface area contributed by atoms with Crippen molar-refractivity contribution in [2.45, 2.75) is 31.4 Å². The van der Waals surface area contributed by atoms with Crippen LogP contribution in [0.4, 0.5) is 0 Å². The molecule has 5 nitrogen and oxygen atoms in total. The van der Waals surface area contributed by atoms with Crippen LogP contribution in [0.3, 0.4) is 0 Å². The predicted molar refractivity (Wildman–Crippen MR) is 79.1 cm³/mol. The molecule has 3 rings (SSSR count). The number of amides is 1. The maximum Gasteiger partial charge on any atom is 0.234 e. The van der Waals surface area contributed by atoms with Crippen molar-refractivity contribution < 1.29 is 14.6 Å². The summed E-state index contributed by atoms with van der Waals surface area (Å²) in [5.74, 6) is 0.883. The quantitative estimate of drug-likeness (QED) is 0.874. The van der Waals surface area contributed by atoms with E-state index in [0.29, 0.717) is 19.7 Å². The van der Waals surface area contributed by atoms with E-state index in [-0.39, 0.29) is 18.1 Å². The molecule has 0 aliphatic carbocycles. The Labute approximate surface area is 124 Å². The molecule has 2 atom stereocenters. The van der Waals surface area contributed by atoms with Gasteiger partial charge in [-0.1, -0.05) is 18.2 Å². The van der Waals surface area contributed by atoms with E-state index in [1.165, 1.54) is 0 Å². The number of nitrogens with one attached hydrogen (secondary N) is 1. The first kappa shape index (κ1) is 14.4. The SMILES string of the molecule is O=C(CN1CCCC(O)C1)NC1CCOc2ccccc21. The number of fused-ring (bicyclic) bond motifs is 1. The van der Waals surface area contributed by atoms with Crippen molar-refractivity contribution in [2.75, 3.05) is 26.2 Å². The summed E-state index contributed by atoms with van der Waals surface area (Å²) in [4.78, 5) is 14.2. The van der Waals surface area contributed by atoms with Gasteiger partial charge in [-0.3, -0.25) is 9.69 Å². The Balaban J connectivity index is 1.58. The number of para-hydroxylation sites is 1. The zero-order valence-electron chi connectivity index (χ0n) is 12.1. The first-order chi connectivity index (χ1) is 10.2. The average Bonchev–Trinajstić information content (AvgIpc) is 2.47. The summed E-state index contributed by atoms with van der Waals surface area (Å²) in [6.45, 7) is 2.47. The molecule has 1 aromatic rings. The van der Waals surface area contributed by atoms with E-state index in [1.807, 2.05) is 29.2 Å². The molecule has 0 saturated carbocycles. The van der Waals surface area contributed by atoms with Crippen molar-refractivity contribution in [2.24, 2.45) is 0 Å². The van der Waals surface area contributed by atoms with Gasteiger partial charge in [0.2, 0.25) is 5.91 Å². The second-order valence-electron chi connectivity index (χ2n) is 5.83. The molecular weight excluding hydrogens is 268 g/mol. The number of β-amino-alcohol motifs (C(OH)–C–C–N with tert-alkyl or cyclic N) is 1. The molecule has 1 aromatic carbocycles. The van der Waals surface area contributed by atoms with Gasteiger partial charge in [0.05, 0.1) is 25.3 Å². The number of nitrogens with zero attached hydrogens (tertiary/aromatic N) is 1. The predicted octanol–water partition coefficient (Wildman–Crippen LogP) is 1.08. The van der Waals surface area contributed by atoms with Gasteiger partial charge in [-0.2, -0.15) is 0 Å². The molecule has 2 N–H and O–H groups in total. The Morgan fingerprint density at radius 3 is 3.10 bits per heavy atom. The van der Waals surface area contributed by atoms with Gasteiger partial charge in [-0.25, -0.2) is 0 Å². The number of hydrogen-bond acceptors (Lipinski definition) is 4. The molecule has 2 aliphatic rings. The van der Waals surface area contributed by atoms with Crippen molar-refractivity contribution in [1.29, 1.82) is 0 Å². The number of rotatable bonds is 3. The minimum atomic E-state index is -0.296. The number of aliphatic hydroxyl groups excluding tert-OH is 1. The fraction of sp³-hybridized carbons (Fsp3) is 0.562. The topological polar surface area (TPSA) is 61.8 Å². The van der Waals surface area contributed by atoms with E-state index in [9.17, 15) is 9.90 Å². The van der Waals surface area contributed by atoms with Gasteiger partial charge in [0.1, 0.15) is 5.75 Å². The van der Waals surface area contributed by atoms with Gasteiger partial charge in [0.15, 0.2) is 0 Å². The number of hydrogen-bond donors (Lipinski definition) is 2. The molecule has 1 fully saturated rings. The second-order valence-corrected chi connectivity index (χ2v) is 5.83. The smallest absolute Gasteiger partial charge is 0.234 e. The summed E-state index contributed by atoms with van der Waals surface area (Å²) in [5, 5.41) is 12.7. The summed E-state index contributed by atoms with van der Waals surface area (Å²) < 4.78 is 5.60. The van der Waals surface area contributed by atoms with Crippen LogP contribution in [-0.4, -0.2) is 48.3 Å². The maximum absolute atomic E-state index is 12.2. The Morgan fingerprint density at radius 2 is 2.24 bits per heavy atom. The second kappa shape index (κ2) is 6.45. The maximum atomic E-state index is 12.2. The molecule has 2 heterocycles. The number of piperidine rings is 1. The first-order valence-corrected chi connectivity index (χ1v) is 7.64. The van der Waals surface area contributed by atoms with Gasteiger partial charge in [-0.15, -0.1) is 0 Å². The fourth-order valence-corrected chi connectivity index (χ4v) is 3.11. The number of carbonyl (C=O) groups is 1. The molecule has 0 aromatic heterocycles. The Hall–Kier alpha value is -1.59. The van der Waals surface area contributed by atoms with Crippen LogP contribution in [0.5, 0.6) is 5.75 Å². The Morgan fingerprint density at radius 1 is 1.38 bits per heavy atom. The summed E-state index contributed by atoms with van der Waals surface area (Å²) in [5.41, 5.74) is 1.05. The summed E-state index contributed by atoms with van der Waals surface area (Å²) in [6, 6.07) is 7.88. The average molecular weight is 290 g/mol. The van der Waals surface area contributed by atoms with E-state index >= 15 is 0 Å². The van der Waals surface area contributed by atoms with Crippen LogP contribution in [0, 0.1) is 0 Å². The summed E-state index contributed by atoms with van der Waals surface area (Å²) in [6.07, 6.45) is 2.29. The third-order valence-corrected chi connectivity index (χ3v) is 4.14. The molecule has 1 amide bonds. The lowest BCUT2D eigenvalue weighted by molar-refractivity contribution is -0.123. The van der Waals surface area contributed by atoms with E-state index in [1.54, 1.807) is 0 Å². The van der Waals surface area contributed by atoms with Gasteiger partial charge >= 0.3 is 0 Å². The number of aliphatic hydroxyl groups is 1. The van der Waals surface area contributed by atoms with Crippen LogP contribution in [0.2, 0.25) is 0 Å². The van der Waals surface area contributed by atoms with E-state index in [4.69, 9.17) is 4.74 Å². The molecule has 2 unspecified atom stereocenters. The third kappa shape index (κ3) is 3.54. The van der Waals surface area contributed by atoms with Gasteiger partial charge in [-0.05, 0) is 25.5 Å². The van der Waals surface area contributed by atoms with Crippen molar-refractivity contribution in [3.05, 3.63) is 29.8 Å². The normalized spacial score (nSPS) is 25.8. The first-order valence-electron chi connectivity index (χ1n) is 7.64. The standard InChI is InChI=1S/C16H22N2O3/c19-12-4-3-8-18(10-12)11-16(20)17-14-7-9-21-15-6-2-1-5-13(14)15/h1-2,5-6,12,14,19H,3-4,7-11H2,(H,17,20). The summed E-state index contributed by atoms with van der Waals surface area (Å²) >= 11 is 0. The van der Waals surface area contributed by atoms with Crippen LogP contribution < -0.4 is 10.1 Å². The zero-order chi connectivity index (χ0) is 14.7. The van der Waals surface area contributed by atoms with E-state index in [0.717, 1.165) is 37.1 Å². The molecule has 5 heteroatoms. The minimum absolute atomic E-state index is 0.0193. The van der Waals surface area contributed by atoms with E-state index in [2.05, 4.69) is 5.32 Å². The molecular formula is C16H22N2O3. The monoisotopic (exact) mass is 290 g/mol. The molecule has 21 heavy (non-hydrogen) atoms.